The number of benzene rings is 2. The van der Waals surface area contributed by atoms with Crippen molar-refractivity contribution in [2.75, 3.05) is 0 Å². The minimum Gasteiger partial charge on any atom is -0.321 e. The molecule has 4 nitrogen and oxygen atoms in total. The molecule has 104 valence electrons. The lowest BCUT2D eigenvalue weighted by Crippen LogP contribution is -2.05. The predicted octanol–water partition coefficient (Wildman–Crippen LogP) is 3.39. The maximum Gasteiger partial charge on any atom is 0.317 e. The van der Waals surface area contributed by atoms with Crippen LogP contribution in [0.1, 0.15) is 0 Å². The van der Waals surface area contributed by atoms with Gasteiger partial charge in [0.05, 0.1) is 0 Å². The van der Waals surface area contributed by atoms with Gasteiger partial charge in [-0.05, 0) is 17.5 Å². The van der Waals surface area contributed by atoms with Gasteiger partial charge in [0.2, 0.25) is 0 Å². The first-order chi connectivity index (χ1) is 9.36. The number of aromatic nitrogens is 1. The Labute approximate surface area is 123 Å². The highest BCUT2D eigenvalue weighted by Gasteiger charge is 2.02. The Morgan fingerprint density at radius 3 is 1.85 bits per heavy atom. The first kappa shape index (κ1) is 14.8. The summed E-state index contributed by atoms with van der Waals surface area (Å²) in [5, 5.41) is 2.85. The number of aromatic amines is 1. The molecule has 0 unspecified atom stereocenters. The molecular weight excluding hydrogens is 321 g/mol. The Morgan fingerprint density at radius 2 is 1.25 bits per heavy atom. The summed E-state index contributed by atoms with van der Waals surface area (Å²) in [6.07, 6.45) is 0. The van der Waals surface area contributed by atoms with E-state index in [4.69, 9.17) is 8.42 Å². The summed E-state index contributed by atoms with van der Waals surface area (Å²) in [5.74, 6) is 0. The standard InChI is InChI=1S/C13H9NO.Cl2O2S/c15-13-11-7-2-1-5-9(11)10-6-3-4-8-12(10)14-13;1-5(2,3)4/h1-8H,(H,14,15);. The van der Waals surface area contributed by atoms with Crippen molar-refractivity contribution in [3.63, 3.8) is 0 Å². The fourth-order valence-electron chi connectivity index (χ4n) is 1.93. The van der Waals surface area contributed by atoms with Crippen molar-refractivity contribution in [1.82, 2.24) is 4.98 Å². The maximum absolute atomic E-state index is 11.7. The van der Waals surface area contributed by atoms with Gasteiger partial charge in [0, 0.05) is 37.7 Å². The van der Waals surface area contributed by atoms with Crippen LogP contribution in [0.25, 0.3) is 21.7 Å². The van der Waals surface area contributed by atoms with E-state index < -0.39 is 8.26 Å². The van der Waals surface area contributed by atoms with Gasteiger partial charge in [-0.25, -0.2) is 0 Å². The number of fused-ring (bicyclic) bond motifs is 3. The lowest BCUT2D eigenvalue weighted by molar-refractivity contribution is 0.621. The molecule has 0 saturated carbocycles. The number of pyridine rings is 1. The Kier molecular flexibility index (Phi) is 4.32. The third kappa shape index (κ3) is 3.72. The van der Waals surface area contributed by atoms with E-state index in [-0.39, 0.29) is 5.56 Å². The van der Waals surface area contributed by atoms with Crippen molar-refractivity contribution in [1.29, 1.82) is 0 Å². The third-order valence-electron chi connectivity index (χ3n) is 2.64. The second-order valence-corrected chi connectivity index (χ2v) is 7.59. The third-order valence-corrected chi connectivity index (χ3v) is 2.64. The molecular formula is C13H9Cl2NO3S. The maximum atomic E-state index is 11.7. The number of halogens is 2. The average Bonchev–Trinajstić information content (AvgIpc) is 2.37. The first-order valence-corrected chi connectivity index (χ1v) is 8.64. The quantitative estimate of drug-likeness (QED) is 0.507. The molecule has 0 atom stereocenters. The monoisotopic (exact) mass is 329 g/mol. The Balaban J connectivity index is 0.000000257. The number of para-hydroxylation sites is 1. The number of hydrogen-bond donors (Lipinski definition) is 1. The number of H-pyrrole nitrogens is 1. The van der Waals surface area contributed by atoms with Crippen LogP contribution in [-0.2, 0) is 8.26 Å². The molecule has 0 bridgehead atoms. The van der Waals surface area contributed by atoms with Crippen LogP contribution in [-0.4, -0.2) is 13.4 Å². The van der Waals surface area contributed by atoms with Crippen molar-refractivity contribution >= 4 is 51.3 Å². The minimum absolute atomic E-state index is 0.0238. The molecule has 0 amide bonds. The van der Waals surface area contributed by atoms with Crippen LogP contribution >= 0.6 is 21.4 Å². The SMILES string of the molecule is O=S(=O)(Cl)Cl.O=c1[nH]c2ccccc2c2ccccc12. The zero-order chi connectivity index (χ0) is 14.8. The fourth-order valence-corrected chi connectivity index (χ4v) is 1.93. The van der Waals surface area contributed by atoms with Crippen molar-refractivity contribution < 1.29 is 8.42 Å². The summed E-state index contributed by atoms with van der Waals surface area (Å²) in [6, 6.07) is 15.5. The topological polar surface area (TPSA) is 67.0 Å². The van der Waals surface area contributed by atoms with Crippen LogP contribution in [0.3, 0.4) is 0 Å². The van der Waals surface area contributed by atoms with Crippen molar-refractivity contribution in [2.45, 2.75) is 0 Å². The Hall–Kier alpha value is -1.56. The van der Waals surface area contributed by atoms with Gasteiger partial charge < -0.3 is 4.98 Å². The van der Waals surface area contributed by atoms with Crippen LogP contribution in [0, 0.1) is 0 Å². The van der Waals surface area contributed by atoms with E-state index >= 15 is 0 Å². The van der Waals surface area contributed by atoms with Gasteiger partial charge in [-0.3, -0.25) is 4.79 Å². The number of rotatable bonds is 0. The number of nitrogens with one attached hydrogen (secondary N) is 1. The molecule has 0 spiro atoms. The van der Waals surface area contributed by atoms with Gasteiger partial charge in [-0.15, -0.1) is 0 Å². The van der Waals surface area contributed by atoms with Gasteiger partial charge >= 0.3 is 8.26 Å². The van der Waals surface area contributed by atoms with E-state index in [0.29, 0.717) is 0 Å². The highest BCUT2D eigenvalue weighted by atomic mass is 36.0. The molecule has 1 N–H and O–H groups in total. The summed E-state index contributed by atoms with van der Waals surface area (Å²) in [5.41, 5.74) is 0.866. The molecule has 0 fully saturated rings. The molecule has 1 aromatic heterocycles. The van der Waals surface area contributed by atoms with Crippen molar-refractivity contribution in [3.8, 4) is 0 Å². The zero-order valence-electron chi connectivity index (χ0n) is 10.0. The summed E-state index contributed by atoms with van der Waals surface area (Å²) in [7, 11) is 4.81. The summed E-state index contributed by atoms with van der Waals surface area (Å²) < 4.78 is 18.3. The molecule has 0 aliphatic carbocycles. The minimum atomic E-state index is -3.72. The molecule has 3 rings (SSSR count). The molecule has 0 saturated heterocycles. The molecule has 3 aromatic rings. The van der Waals surface area contributed by atoms with E-state index in [1.54, 1.807) is 0 Å². The van der Waals surface area contributed by atoms with E-state index in [9.17, 15) is 4.79 Å². The average molecular weight is 330 g/mol. The molecule has 0 aliphatic rings. The molecule has 0 radical (unpaired) electrons. The lowest BCUT2D eigenvalue weighted by Gasteiger charge is -2.02. The van der Waals surface area contributed by atoms with Gasteiger partial charge in [0.15, 0.2) is 0 Å². The van der Waals surface area contributed by atoms with Crippen LogP contribution < -0.4 is 5.56 Å². The van der Waals surface area contributed by atoms with E-state index in [1.807, 2.05) is 48.5 Å². The normalized spacial score (nSPS) is 11.1. The van der Waals surface area contributed by atoms with Gasteiger partial charge in [0.25, 0.3) is 5.56 Å². The van der Waals surface area contributed by atoms with Gasteiger partial charge in [0.1, 0.15) is 0 Å². The zero-order valence-corrected chi connectivity index (χ0v) is 12.3. The number of hydrogen-bond acceptors (Lipinski definition) is 3. The largest absolute Gasteiger partial charge is 0.321 e. The van der Waals surface area contributed by atoms with Crippen LogP contribution in [0.4, 0.5) is 0 Å². The van der Waals surface area contributed by atoms with Gasteiger partial charge in [-0.1, -0.05) is 36.4 Å². The summed E-state index contributed by atoms with van der Waals surface area (Å²) in [6.45, 7) is 0. The Bertz CT molecular complexity index is 911. The second-order valence-electron chi connectivity index (χ2n) is 3.92. The van der Waals surface area contributed by atoms with Crippen LogP contribution in [0.15, 0.2) is 53.3 Å². The van der Waals surface area contributed by atoms with Crippen molar-refractivity contribution in [3.05, 3.63) is 58.9 Å². The molecule has 7 heteroatoms. The smallest absolute Gasteiger partial charge is 0.317 e. The van der Waals surface area contributed by atoms with Crippen LogP contribution in [0.2, 0.25) is 0 Å². The lowest BCUT2D eigenvalue weighted by atomic mass is 10.1. The second kappa shape index (κ2) is 5.83. The van der Waals surface area contributed by atoms with E-state index in [2.05, 4.69) is 26.3 Å². The summed E-state index contributed by atoms with van der Waals surface area (Å²) in [4.78, 5) is 14.6. The van der Waals surface area contributed by atoms with Crippen LogP contribution in [0.5, 0.6) is 0 Å². The first-order valence-electron chi connectivity index (χ1n) is 5.50. The molecule has 2 aromatic carbocycles. The highest BCUT2D eigenvalue weighted by molar-refractivity contribution is 8.31. The Morgan fingerprint density at radius 1 is 0.800 bits per heavy atom. The van der Waals surface area contributed by atoms with E-state index in [0.717, 1.165) is 21.7 Å². The molecule has 20 heavy (non-hydrogen) atoms. The van der Waals surface area contributed by atoms with E-state index in [1.165, 1.54) is 0 Å². The van der Waals surface area contributed by atoms with Gasteiger partial charge in [-0.2, -0.15) is 8.42 Å². The molecule has 1 heterocycles. The highest BCUT2D eigenvalue weighted by Crippen LogP contribution is 2.19. The molecule has 0 aliphatic heterocycles. The predicted molar refractivity (Wildman–Crippen MR) is 82.7 cm³/mol. The fraction of sp³-hybridized carbons (Fsp3) is 0. The van der Waals surface area contributed by atoms with Crippen molar-refractivity contribution in [2.24, 2.45) is 0 Å². The summed E-state index contributed by atoms with van der Waals surface area (Å²) >= 11 is 0.